The van der Waals surface area contributed by atoms with Gasteiger partial charge in [0.2, 0.25) is 11.0 Å². The van der Waals surface area contributed by atoms with E-state index in [0.717, 1.165) is 16.7 Å². The molecule has 1 aromatic heterocycles. The molecule has 0 radical (unpaired) electrons. The monoisotopic (exact) mass is 257 g/mol. The zero-order valence-electron chi connectivity index (χ0n) is 10.7. The van der Waals surface area contributed by atoms with Crippen LogP contribution in [0.25, 0.3) is 0 Å². The largest absolute Gasteiger partial charge is 0.363 e. The predicted molar refractivity (Wildman–Crippen MR) is 69.1 cm³/mol. The Bertz CT molecular complexity index is 365. The fourth-order valence-electron chi connectivity index (χ4n) is 1.22. The van der Waals surface area contributed by atoms with Crippen LogP contribution in [-0.2, 0) is 11.3 Å². The highest BCUT2D eigenvalue weighted by molar-refractivity contribution is 7.15. The van der Waals surface area contributed by atoms with E-state index in [0.29, 0.717) is 13.1 Å². The van der Waals surface area contributed by atoms with Crippen molar-refractivity contribution >= 4 is 22.4 Å². The molecule has 0 aliphatic heterocycles. The number of carbonyl (C=O) groups excluding carboxylic acids is 1. The topological polar surface area (TPSA) is 61.4 Å². The lowest BCUT2D eigenvalue weighted by Crippen LogP contribution is -2.36. The predicted octanol–water partition coefficient (Wildman–Crippen LogP) is 0.490. The van der Waals surface area contributed by atoms with E-state index >= 15 is 0 Å². The molecule has 1 N–H and O–H groups in total. The van der Waals surface area contributed by atoms with Crippen LogP contribution in [0.2, 0.25) is 0 Å². The van der Waals surface area contributed by atoms with Crippen LogP contribution in [0, 0.1) is 0 Å². The van der Waals surface area contributed by atoms with Crippen LogP contribution in [0.15, 0.2) is 0 Å². The minimum atomic E-state index is 0.102. The van der Waals surface area contributed by atoms with Crippen molar-refractivity contribution in [1.82, 2.24) is 20.0 Å². The van der Waals surface area contributed by atoms with Crippen LogP contribution in [-0.4, -0.2) is 60.1 Å². The number of nitrogens with zero attached hydrogens (tertiary/aromatic N) is 4. The third-order valence-corrected chi connectivity index (χ3v) is 3.27. The van der Waals surface area contributed by atoms with E-state index < -0.39 is 0 Å². The third kappa shape index (κ3) is 4.27. The normalized spacial score (nSPS) is 10.6. The van der Waals surface area contributed by atoms with Gasteiger partial charge in [-0.15, -0.1) is 10.2 Å². The SMILES string of the molecule is CCN(CC(=O)N(C)C)Cc1nnc(NC)s1. The Hall–Kier alpha value is -1.21. The lowest BCUT2D eigenvalue weighted by Gasteiger charge is -2.20. The molecule has 0 aliphatic rings. The van der Waals surface area contributed by atoms with E-state index in [-0.39, 0.29) is 5.91 Å². The molecular formula is C10H19N5OS. The molecule has 0 saturated heterocycles. The molecular weight excluding hydrogens is 238 g/mol. The molecule has 0 unspecified atom stereocenters. The van der Waals surface area contributed by atoms with Gasteiger partial charge >= 0.3 is 0 Å². The number of nitrogens with one attached hydrogen (secondary N) is 1. The zero-order valence-corrected chi connectivity index (χ0v) is 11.5. The summed E-state index contributed by atoms with van der Waals surface area (Å²) in [5.41, 5.74) is 0. The number of aromatic nitrogens is 2. The maximum Gasteiger partial charge on any atom is 0.236 e. The first-order valence-electron chi connectivity index (χ1n) is 5.49. The van der Waals surface area contributed by atoms with Gasteiger partial charge in [-0.05, 0) is 6.54 Å². The number of anilines is 1. The first kappa shape index (κ1) is 13.9. The third-order valence-electron chi connectivity index (χ3n) is 2.34. The highest BCUT2D eigenvalue weighted by Crippen LogP contribution is 2.15. The second-order valence-electron chi connectivity index (χ2n) is 3.84. The van der Waals surface area contributed by atoms with Crippen molar-refractivity contribution in [3.63, 3.8) is 0 Å². The van der Waals surface area contributed by atoms with E-state index in [1.807, 2.05) is 18.9 Å². The summed E-state index contributed by atoms with van der Waals surface area (Å²) in [6.45, 7) is 3.92. The van der Waals surface area contributed by atoms with E-state index in [1.54, 1.807) is 19.0 Å². The fourth-order valence-corrected chi connectivity index (χ4v) is 1.96. The average molecular weight is 257 g/mol. The molecule has 6 nitrogen and oxygen atoms in total. The Kier molecular flexibility index (Phi) is 5.30. The molecule has 96 valence electrons. The highest BCUT2D eigenvalue weighted by Gasteiger charge is 2.13. The maximum absolute atomic E-state index is 11.6. The first-order chi connectivity index (χ1) is 8.06. The minimum absolute atomic E-state index is 0.102. The number of hydrogen-bond acceptors (Lipinski definition) is 6. The quantitative estimate of drug-likeness (QED) is 0.803. The summed E-state index contributed by atoms with van der Waals surface area (Å²) in [5.74, 6) is 0.102. The number of likely N-dealkylation sites (N-methyl/N-ethyl adjacent to an activating group) is 2. The van der Waals surface area contributed by atoms with Gasteiger partial charge in [0.1, 0.15) is 5.01 Å². The molecule has 17 heavy (non-hydrogen) atoms. The smallest absolute Gasteiger partial charge is 0.236 e. The van der Waals surface area contributed by atoms with Crippen LogP contribution >= 0.6 is 11.3 Å². The zero-order chi connectivity index (χ0) is 12.8. The molecule has 1 amide bonds. The number of hydrogen-bond donors (Lipinski definition) is 1. The van der Waals surface area contributed by atoms with Crippen LogP contribution in [0.1, 0.15) is 11.9 Å². The van der Waals surface area contributed by atoms with E-state index in [2.05, 4.69) is 15.5 Å². The maximum atomic E-state index is 11.6. The van der Waals surface area contributed by atoms with Crippen LogP contribution in [0.4, 0.5) is 5.13 Å². The van der Waals surface area contributed by atoms with Gasteiger partial charge in [0.05, 0.1) is 13.1 Å². The van der Waals surface area contributed by atoms with Crippen molar-refractivity contribution in [2.45, 2.75) is 13.5 Å². The minimum Gasteiger partial charge on any atom is -0.363 e. The van der Waals surface area contributed by atoms with Gasteiger partial charge in [-0.1, -0.05) is 18.3 Å². The summed E-state index contributed by atoms with van der Waals surface area (Å²) in [6.07, 6.45) is 0. The van der Waals surface area contributed by atoms with Crippen LogP contribution < -0.4 is 5.32 Å². The summed E-state index contributed by atoms with van der Waals surface area (Å²) >= 11 is 1.51. The van der Waals surface area contributed by atoms with Gasteiger partial charge in [-0.25, -0.2) is 0 Å². The Morgan fingerprint density at radius 2 is 2.12 bits per heavy atom. The van der Waals surface area contributed by atoms with Gasteiger partial charge in [0.15, 0.2) is 0 Å². The Balaban J connectivity index is 2.54. The number of rotatable bonds is 6. The molecule has 0 spiro atoms. The first-order valence-corrected chi connectivity index (χ1v) is 6.31. The summed E-state index contributed by atoms with van der Waals surface area (Å²) in [5, 5.41) is 12.7. The molecule has 1 rings (SSSR count). The lowest BCUT2D eigenvalue weighted by atomic mass is 10.4. The molecule has 7 heteroatoms. The second-order valence-corrected chi connectivity index (χ2v) is 4.90. The van der Waals surface area contributed by atoms with Crippen molar-refractivity contribution in [2.75, 3.05) is 39.5 Å². The summed E-state index contributed by atoms with van der Waals surface area (Å²) < 4.78 is 0. The van der Waals surface area contributed by atoms with Gasteiger partial charge in [0, 0.05) is 21.1 Å². The van der Waals surface area contributed by atoms with Crippen LogP contribution in [0.5, 0.6) is 0 Å². The van der Waals surface area contributed by atoms with Gasteiger partial charge < -0.3 is 10.2 Å². The van der Waals surface area contributed by atoms with Crippen molar-refractivity contribution in [3.05, 3.63) is 5.01 Å². The summed E-state index contributed by atoms with van der Waals surface area (Å²) in [7, 11) is 5.35. The molecule has 0 fully saturated rings. The van der Waals surface area contributed by atoms with Crippen molar-refractivity contribution < 1.29 is 4.79 Å². The molecule has 1 aromatic rings. The number of carbonyl (C=O) groups is 1. The van der Waals surface area contributed by atoms with E-state index in [1.165, 1.54) is 11.3 Å². The van der Waals surface area contributed by atoms with Crippen molar-refractivity contribution in [2.24, 2.45) is 0 Å². The second kappa shape index (κ2) is 6.51. The fraction of sp³-hybridized carbons (Fsp3) is 0.700. The lowest BCUT2D eigenvalue weighted by molar-refractivity contribution is -0.130. The molecule has 0 aromatic carbocycles. The molecule has 0 saturated carbocycles. The van der Waals surface area contributed by atoms with Gasteiger partial charge in [-0.2, -0.15) is 0 Å². The average Bonchev–Trinajstić information content (AvgIpc) is 2.75. The molecule has 0 aliphatic carbocycles. The Labute approximate surface area is 106 Å². The van der Waals surface area contributed by atoms with Crippen molar-refractivity contribution in [3.8, 4) is 0 Å². The van der Waals surface area contributed by atoms with E-state index in [9.17, 15) is 4.79 Å². The van der Waals surface area contributed by atoms with E-state index in [4.69, 9.17) is 0 Å². The van der Waals surface area contributed by atoms with Gasteiger partial charge in [-0.3, -0.25) is 9.69 Å². The molecule has 0 bridgehead atoms. The Morgan fingerprint density at radius 1 is 1.41 bits per heavy atom. The summed E-state index contributed by atoms with van der Waals surface area (Å²) in [4.78, 5) is 15.2. The highest BCUT2D eigenvalue weighted by atomic mass is 32.1. The Morgan fingerprint density at radius 3 is 2.59 bits per heavy atom. The standard InChI is InChI=1S/C10H19N5OS/c1-5-15(7-9(16)14(3)4)6-8-12-13-10(11-2)17-8/h5-7H2,1-4H3,(H,11,13). The van der Waals surface area contributed by atoms with Gasteiger partial charge in [0.25, 0.3) is 0 Å². The molecule has 0 atom stereocenters. The molecule has 1 heterocycles. The van der Waals surface area contributed by atoms with Crippen LogP contribution in [0.3, 0.4) is 0 Å². The summed E-state index contributed by atoms with van der Waals surface area (Å²) in [6, 6.07) is 0. The van der Waals surface area contributed by atoms with Crippen molar-refractivity contribution in [1.29, 1.82) is 0 Å². The number of amides is 1.